The van der Waals surface area contributed by atoms with Gasteiger partial charge in [-0.25, -0.2) is 4.79 Å². The van der Waals surface area contributed by atoms with Crippen molar-refractivity contribution in [3.8, 4) is 5.75 Å². The van der Waals surface area contributed by atoms with E-state index in [1.54, 1.807) is 12.1 Å². The van der Waals surface area contributed by atoms with Crippen LogP contribution in [0.1, 0.15) is 5.56 Å². The molecule has 2 aromatic rings. The molecular formula is C19H20N2O2. The molecule has 2 fully saturated rings. The highest BCUT2D eigenvalue weighted by Gasteiger charge is 2.54. The molecule has 4 nitrogen and oxygen atoms in total. The number of ether oxygens (including phenoxy) is 1. The number of para-hydroxylation sites is 1. The Balaban J connectivity index is 1.44. The summed E-state index contributed by atoms with van der Waals surface area (Å²) in [5.41, 5.74) is 1.48. The minimum atomic E-state index is -0.250. The Morgan fingerprint density at radius 2 is 1.83 bits per heavy atom. The number of carbonyl (C=O) groups excluding carboxylic acids is 1. The minimum absolute atomic E-state index is 0.150. The van der Waals surface area contributed by atoms with Crippen LogP contribution in [-0.2, 0) is 6.42 Å². The smallest absolute Gasteiger partial charge is 0.410 e. The summed E-state index contributed by atoms with van der Waals surface area (Å²) < 4.78 is 5.48. The molecule has 2 aromatic carbocycles. The fourth-order valence-electron chi connectivity index (χ4n) is 3.66. The van der Waals surface area contributed by atoms with E-state index in [1.165, 1.54) is 5.56 Å². The zero-order chi connectivity index (χ0) is 15.7. The van der Waals surface area contributed by atoms with Crippen LogP contribution in [0.4, 0.5) is 4.79 Å². The SMILES string of the molecule is O=C(Oc1ccccc1)N1C[C@H]2NC[C@@]2(Cc2ccccc2)C1. The highest BCUT2D eigenvalue weighted by atomic mass is 16.6. The topological polar surface area (TPSA) is 41.6 Å². The first-order valence-corrected chi connectivity index (χ1v) is 8.04. The van der Waals surface area contributed by atoms with Crippen LogP contribution >= 0.6 is 0 Å². The monoisotopic (exact) mass is 308 g/mol. The van der Waals surface area contributed by atoms with Crippen LogP contribution in [0.2, 0.25) is 0 Å². The average Bonchev–Trinajstić information content (AvgIpc) is 2.82. The van der Waals surface area contributed by atoms with Gasteiger partial charge in [-0.15, -0.1) is 0 Å². The molecular weight excluding hydrogens is 288 g/mol. The Hall–Kier alpha value is -2.33. The van der Waals surface area contributed by atoms with Gasteiger partial charge in [-0.2, -0.15) is 0 Å². The van der Waals surface area contributed by atoms with Crippen LogP contribution in [0.3, 0.4) is 0 Å². The van der Waals surface area contributed by atoms with E-state index in [0.717, 1.165) is 26.1 Å². The number of nitrogens with zero attached hydrogens (tertiary/aromatic N) is 1. The van der Waals surface area contributed by atoms with Gasteiger partial charge >= 0.3 is 6.09 Å². The second kappa shape index (κ2) is 5.70. The normalized spacial score (nSPS) is 25.6. The first-order valence-electron chi connectivity index (χ1n) is 8.04. The largest absolute Gasteiger partial charge is 0.415 e. The van der Waals surface area contributed by atoms with Crippen molar-refractivity contribution >= 4 is 6.09 Å². The number of rotatable bonds is 3. The van der Waals surface area contributed by atoms with E-state index < -0.39 is 0 Å². The lowest BCUT2D eigenvalue weighted by Gasteiger charge is -2.45. The summed E-state index contributed by atoms with van der Waals surface area (Å²) >= 11 is 0. The summed E-state index contributed by atoms with van der Waals surface area (Å²) in [4.78, 5) is 14.2. The number of hydrogen-bond donors (Lipinski definition) is 1. The van der Waals surface area contributed by atoms with Gasteiger partial charge in [-0.05, 0) is 24.1 Å². The Morgan fingerprint density at radius 1 is 1.13 bits per heavy atom. The van der Waals surface area contributed by atoms with Gasteiger partial charge in [-0.3, -0.25) is 0 Å². The molecule has 0 saturated carbocycles. The van der Waals surface area contributed by atoms with Gasteiger partial charge in [0, 0.05) is 31.1 Å². The summed E-state index contributed by atoms with van der Waals surface area (Å²) in [6, 6.07) is 20.1. The summed E-state index contributed by atoms with van der Waals surface area (Å²) in [5, 5.41) is 3.47. The summed E-state index contributed by atoms with van der Waals surface area (Å²) in [6.45, 7) is 2.44. The maximum Gasteiger partial charge on any atom is 0.415 e. The molecule has 0 radical (unpaired) electrons. The van der Waals surface area contributed by atoms with Crippen molar-refractivity contribution in [3.05, 3.63) is 66.2 Å². The molecule has 1 N–H and O–H groups in total. The van der Waals surface area contributed by atoms with Crippen LogP contribution in [0.15, 0.2) is 60.7 Å². The lowest BCUT2D eigenvalue weighted by atomic mass is 9.72. The fourth-order valence-corrected chi connectivity index (χ4v) is 3.66. The maximum absolute atomic E-state index is 12.4. The zero-order valence-corrected chi connectivity index (χ0v) is 12.9. The number of nitrogens with one attached hydrogen (secondary N) is 1. The number of likely N-dealkylation sites (tertiary alicyclic amines) is 1. The molecule has 2 heterocycles. The van der Waals surface area contributed by atoms with Gasteiger partial charge in [-0.1, -0.05) is 48.5 Å². The third-order valence-electron chi connectivity index (χ3n) is 4.95. The Kier molecular flexibility index (Phi) is 3.54. The van der Waals surface area contributed by atoms with Crippen molar-refractivity contribution in [3.63, 3.8) is 0 Å². The van der Waals surface area contributed by atoms with Crippen LogP contribution < -0.4 is 10.1 Å². The van der Waals surface area contributed by atoms with Crippen LogP contribution in [-0.4, -0.2) is 36.7 Å². The van der Waals surface area contributed by atoms with Gasteiger partial charge in [0.15, 0.2) is 0 Å². The van der Waals surface area contributed by atoms with E-state index in [9.17, 15) is 4.79 Å². The average molecular weight is 308 g/mol. The molecule has 0 aromatic heterocycles. The van der Waals surface area contributed by atoms with Crippen LogP contribution in [0.25, 0.3) is 0 Å². The van der Waals surface area contributed by atoms with Gasteiger partial charge in [0.25, 0.3) is 0 Å². The lowest BCUT2D eigenvalue weighted by Crippen LogP contribution is -2.62. The van der Waals surface area contributed by atoms with Crippen LogP contribution in [0, 0.1) is 5.41 Å². The number of hydrogen-bond acceptors (Lipinski definition) is 3. The molecule has 1 amide bonds. The van der Waals surface area contributed by atoms with Gasteiger partial charge < -0.3 is 15.0 Å². The second-order valence-electron chi connectivity index (χ2n) is 6.52. The highest BCUT2D eigenvalue weighted by Crippen LogP contribution is 2.40. The first kappa shape index (κ1) is 14.3. The third kappa shape index (κ3) is 2.70. The molecule has 0 aliphatic carbocycles. The van der Waals surface area contributed by atoms with Crippen molar-refractivity contribution in [2.24, 2.45) is 5.41 Å². The Labute approximate surface area is 136 Å². The predicted molar refractivity (Wildman–Crippen MR) is 88.4 cm³/mol. The highest BCUT2D eigenvalue weighted by molar-refractivity contribution is 5.71. The summed E-state index contributed by atoms with van der Waals surface area (Å²) in [7, 11) is 0. The van der Waals surface area contributed by atoms with Crippen molar-refractivity contribution in [2.75, 3.05) is 19.6 Å². The fraction of sp³-hybridized carbons (Fsp3) is 0.316. The maximum atomic E-state index is 12.4. The van der Waals surface area contributed by atoms with Crippen molar-refractivity contribution in [2.45, 2.75) is 12.5 Å². The molecule has 0 bridgehead atoms. The molecule has 4 heteroatoms. The molecule has 2 atom stereocenters. The standard InChI is InChI=1S/C19H20N2O2/c22-18(23-16-9-5-2-6-10-16)21-12-17-19(14-21,13-20-17)11-15-7-3-1-4-8-15/h1-10,17,20H,11-14H2/t17-,19+/m1/s1. The zero-order valence-electron chi connectivity index (χ0n) is 12.9. The molecule has 0 unspecified atom stereocenters. The minimum Gasteiger partial charge on any atom is -0.410 e. The van der Waals surface area contributed by atoms with E-state index in [1.807, 2.05) is 29.2 Å². The van der Waals surface area contributed by atoms with E-state index in [2.05, 4.69) is 29.6 Å². The lowest BCUT2D eigenvalue weighted by molar-refractivity contribution is 0.128. The number of fused-ring (bicyclic) bond motifs is 1. The molecule has 2 aliphatic rings. The molecule has 4 rings (SSSR count). The van der Waals surface area contributed by atoms with Crippen molar-refractivity contribution < 1.29 is 9.53 Å². The van der Waals surface area contributed by atoms with E-state index in [4.69, 9.17) is 4.74 Å². The Bertz CT molecular complexity index is 689. The summed E-state index contributed by atoms with van der Waals surface area (Å²) in [5.74, 6) is 0.599. The van der Waals surface area contributed by atoms with Crippen LogP contribution in [0.5, 0.6) is 5.75 Å². The van der Waals surface area contributed by atoms with Crippen molar-refractivity contribution in [1.82, 2.24) is 10.2 Å². The summed E-state index contributed by atoms with van der Waals surface area (Å²) in [6.07, 6.45) is 0.750. The molecule has 23 heavy (non-hydrogen) atoms. The van der Waals surface area contributed by atoms with Gasteiger partial charge in [0.2, 0.25) is 0 Å². The number of amides is 1. The number of benzene rings is 2. The molecule has 2 saturated heterocycles. The second-order valence-corrected chi connectivity index (χ2v) is 6.52. The van der Waals surface area contributed by atoms with Crippen molar-refractivity contribution in [1.29, 1.82) is 0 Å². The quantitative estimate of drug-likeness (QED) is 0.948. The van der Waals surface area contributed by atoms with E-state index >= 15 is 0 Å². The molecule has 118 valence electrons. The van der Waals surface area contributed by atoms with Gasteiger partial charge in [0.1, 0.15) is 5.75 Å². The number of carbonyl (C=O) groups is 1. The predicted octanol–water partition coefficient (Wildman–Crippen LogP) is 2.70. The third-order valence-corrected chi connectivity index (χ3v) is 4.95. The Morgan fingerprint density at radius 3 is 2.48 bits per heavy atom. The van der Waals surface area contributed by atoms with E-state index in [-0.39, 0.29) is 11.5 Å². The first-order chi connectivity index (χ1) is 11.3. The molecule has 2 aliphatic heterocycles. The van der Waals surface area contributed by atoms with E-state index in [0.29, 0.717) is 11.8 Å². The van der Waals surface area contributed by atoms with Gasteiger partial charge in [0.05, 0.1) is 0 Å². The molecule has 0 spiro atoms.